The van der Waals surface area contributed by atoms with Gasteiger partial charge in [0.25, 0.3) is 5.56 Å². The Balaban J connectivity index is 3.32. The number of rotatable bonds is 4. The van der Waals surface area contributed by atoms with Crippen molar-refractivity contribution in [2.75, 3.05) is 19.5 Å². The van der Waals surface area contributed by atoms with E-state index in [4.69, 9.17) is 10.5 Å². The molecule has 0 aromatic carbocycles. The number of nitroso groups, excluding NO2 is 1. The molecule has 0 saturated heterocycles. The van der Waals surface area contributed by atoms with Crippen molar-refractivity contribution in [2.24, 2.45) is 5.18 Å². The van der Waals surface area contributed by atoms with Gasteiger partial charge in [0.1, 0.15) is 5.82 Å². The molecule has 0 saturated carbocycles. The van der Waals surface area contributed by atoms with Crippen LogP contribution in [0.2, 0.25) is 0 Å². The molecule has 0 atom stereocenters. The molecule has 0 aliphatic heterocycles. The van der Waals surface area contributed by atoms with Gasteiger partial charge in [-0.3, -0.25) is 14.3 Å². The van der Waals surface area contributed by atoms with Gasteiger partial charge in [0.2, 0.25) is 5.69 Å². The Hall–Kier alpha value is -1.96. The van der Waals surface area contributed by atoms with E-state index >= 15 is 0 Å². The van der Waals surface area contributed by atoms with Gasteiger partial charge in [0.15, 0.2) is 0 Å². The molecule has 0 amide bonds. The van der Waals surface area contributed by atoms with Crippen LogP contribution in [0.25, 0.3) is 0 Å². The first-order chi connectivity index (χ1) is 7.11. The summed E-state index contributed by atoms with van der Waals surface area (Å²) >= 11 is 0. The van der Waals surface area contributed by atoms with Crippen molar-refractivity contribution in [2.45, 2.75) is 6.54 Å². The maximum absolute atomic E-state index is 11.3. The zero-order chi connectivity index (χ0) is 11.4. The molecule has 0 unspecified atom stereocenters. The number of ether oxygens (including phenoxy) is 1. The van der Waals surface area contributed by atoms with Crippen LogP contribution >= 0.6 is 0 Å². The van der Waals surface area contributed by atoms with Gasteiger partial charge in [-0.2, -0.15) is 0 Å². The van der Waals surface area contributed by atoms with Gasteiger partial charge in [0, 0.05) is 7.11 Å². The summed E-state index contributed by atoms with van der Waals surface area (Å²) in [5, 5.41) is 2.46. The summed E-state index contributed by atoms with van der Waals surface area (Å²) in [6, 6.07) is 0. The minimum Gasteiger partial charge on any atom is -0.383 e. The van der Waals surface area contributed by atoms with Gasteiger partial charge in [-0.1, -0.05) is 0 Å². The van der Waals surface area contributed by atoms with Crippen molar-refractivity contribution in [3.8, 4) is 0 Å². The Morgan fingerprint density at radius 2 is 2.20 bits per heavy atom. The Morgan fingerprint density at radius 3 is 2.73 bits per heavy atom. The lowest BCUT2D eigenvalue weighted by Gasteiger charge is -2.08. The molecule has 1 aromatic heterocycles. The van der Waals surface area contributed by atoms with Crippen molar-refractivity contribution in [3.63, 3.8) is 0 Å². The van der Waals surface area contributed by atoms with Crippen LogP contribution in [-0.4, -0.2) is 23.3 Å². The number of hydrogen-bond donors (Lipinski definition) is 2. The predicted octanol–water partition coefficient (Wildman–Crippen LogP) is -0.837. The normalized spacial score (nSPS) is 10.2. The fourth-order valence-corrected chi connectivity index (χ4v) is 1.07. The fraction of sp³-hybridized carbons (Fsp3) is 0.429. The summed E-state index contributed by atoms with van der Waals surface area (Å²) in [4.78, 5) is 34.5. The number of aromatic nitrogens is 2. The zero-order valence-corrected chi connectivity index (χ0v) is 8.02. The lowest BCUT2D eigenvalue weighted by Crippen LogP contribution is -2.32. The third-order valence-corrected chi connectivity index (χ3v) is 1.82. The van der Waals surface area contributed by atoms with Crippen LogP contribution in [-0.2, 0) is 11.3 Å². The van der Waals surface area contributed by atoms with Gasteiger partial charge in [0.05, 0.1) is 13.2 Å². The highest BCUT2D eigenvalue weighted by Crippen LogP contribution is 2.12. The van der Waals surface area contributed by atoms with Crippen LogP contribution in [0.4, 0.5) is 11.5 Å². The molecule has 0 spiro atoms. The van der Waals surface area contributed by atoms with Crippen molar-refractivity contribution in [1.29, 1.82) is 0 Å². The van der Waals surface area contributed by atoms with E-state index in [9.17, 15) is 14.5 Å². The molecular weight excluding hydrogens is 204 g/mol. The van der Waals surface area contributed by atoms with Crippen molar-refractivity contribution >= 4 is 11.5 Å². The summed E-state index contributed by atoms with van der Waals surface area (Å²) in [5.74, 6) is -0.254. The maximum atomic E-state index is 11.3. The minimum absolute atomic E-state index is 0.139. The van der Waals surface area contributed by atoms with Crippen LogP contribution in [0.1, 0.15) is 0 Å². The Labute approximate surface area is 83.6 Å². The Bertz CT molecular complexity index is 475. The number of methoxy groups -OCH3 is 1. The highest BCUT2D eigenvalue weighted by molar-refractivity contribution is 5.55. The van der Waals surface area contributed by atoms with Gasteiger partial charge in [-0.15, -0.1) is 4.91 Å². The van der Waals surface area contributed by atoms with Crippen LogP contribution < -0.4 is 17.0 Å². The Morgan fingerprint density at radius 1 is 1.53 bits per heavy atom. The van der Waals surface area contributed by atoms with Gasteiger partial charge >= 0.3 is 5.69 Å². The summed E-state index contributed by atoms with van der Waals surface area (Å²) in [7, 11) is 1.45. The molecule has 1 heterocycles. The average molecular weight is 214 g/mol. The van der Waals surface area contributed by atoms with Gasteiger partial charge in [-0.25, -0.2) is 4.79 Å². The van der Waals surface area contributed by atoms with E-state index in [0.717, 1.165) is 4.57 Å². The van der Waals surface area contributed by atoms with Crippen LogP contribution in [0.5, 0.6) is 0 Å². The molecule has 0 aliphatic rings. The highest BCUT2D eigenvalue weighted by Gasteiger charge is 2.11. The van der Waals surface area contributed by atoms with Crippen molar-refractivity contribution < 1.29 is 4.74 Å². The zero-order valence-electron chi connectivity index (χ0n) is 8.02. The van der Waals surface area contributed by atoms with Gasteiger partial charge in [-0.05, 0) is 5.18 Å². The maximum Gasteiger partial charge on any atom is 0.330 e. The first kappa shape index (κ1) is 11.1. The number of hydrogen-bond acceptors (Lipinski definition) is 6. The number of H-pyrrole nitrogens is 1. The predicted molar refractivity (Wildman–Crippen MR) is 53.1 cm³/mol. The van der Waals surface area contributed by atoms with E-state index < -0.39 is 16.9 Å². The van der Waals surface area contributed by atoms with E-state index in [2.05, 4.69) is 5.18 Å². The van der Waals surface area contributed by atoms with E-state index in [1.807, 2.05) is 4.98 Å². The number of nitrogen functional groups attached to an aromatic ring is 1. The number of nitrogens with two attached hydrogens (primary N) is 1. The van der Waals surface area contributed by atoms with Crippen LogP contribution in [0, 0.1) is 4.91 Å². The van der Waals surface area contributed by atoms with Crippen molar-refractivity contribution in [3.05, 3.63) is 25.7 Å². The first-order valence-electron chi connectivity index (χ1n) is 4.06. The first-order valence-corrected chi connectivity index (χ1v) is 4.06. The molecule has 0 radical (unpaired) electrons. The monoisotopic (exact) mass is 214 g/mol. The molecule has 0 bridgehead atoms. The quantitative estimate of drug-likeness (QED) is 0.633. The molecule has 0 aliphatic carbocycles. The number of anilines is 1. The SMILES string of the molecule is COCCn1c(N)c(N=O)c(=O)[nH]c1=O. The lowest BCUT2D eigenvalue weighted by atomic mass is 10.4. The number of nitrogens with zero attached hydrogens (tertiary/aromatic N) is 2. The van der Waals surface area contributed by atoms with Crippen LogP contribution in [0.15, 0.2) is 14.8 Å². The summed E-state index contributed by atoms with van der Waals surface area (Å²) in [6.07, 6.45) is 0. The Kier molecular flexibility index (Phi) is 3.34. The molecule has 3 N–H and O–H groups in total. The summed E-state index contributed by atoms with van der Waals surface area (Å²) in [5.41, 5.74) is 3.35. The van der Waals surface area contributed by atoms with Crippen molar-refractivity contribution in [1.82, 2.24) is 9.55 Å². The second kappa shape index (κ2) is 4.51. The third kappa shape index (κ3) is 2.10. The highest BCUT2D eigenvalue weighted by atomic mass is 16.5. The lowest BCUT2D eigenvalue weighted by molar-refractivity contribution is 0.186. The largest absolute Gasteiger partial charge is 0.383 e. The molecule has 0 fully saturated rings. The topological polar surface area (TPSA) is 120 Å². The number of aromatic amines is 1. The second-order valence-corrected chi connectivity index (χ2v) is 2.73. The van der Waals surface area contributed by atoms with Crippen LogP contribution in [0.3, 0.4) is 0 Å². The van der Waals surface area contributed by atoms with E-state index in [1.165, 1.54) is 7.11 Å². The molecule has 15 heavy (non-hydrogen) atoms. The molecule has 1 rings (SSSR count). The van der Waals surface area contributed by atoms with E-state index in [1.54, 1.807) is 0 Å². The van der Waals surface area contributed by atoms with Gasteiger partial charge < -0.3 is 10.5 Å². The standard InChI is InChI=1S/C7H10N4O4/c1-15-3-2-11-5(8)4(10-14)6(12)9-7(11)13/h2-3,8H2,1H3,(H,9,12,13). The van der Waals surface area contributed by atoms with E-state index in [0.29, 0.717) is 0 Å². The number of nitrogens with one attached hydrogen (secondary N) is 1. The third-order valence-electron chi connectivity index (χ3n) is 1.82. The molecule has 8 nitrogen and oxygen atoms in total. The average Bonchev–Trinajstić information content (AvgIpc) is 2.17. The molecular formula is C7H10N4O4. The minimum atomic E-state index is -0.888. The molecule has 1 aromatic rings. The smallest absolute Gasteiger partial charge is 0.330 e. The summed E-state index contributed by atoms with van der Waals surface area (Å²) in [6.45, 7) is 0.370. The van der Waals surface area contributed by atoms with E-state index in [-0.39, 0.29) is 19.0 Å². The second-order valence-electron chi connectivity index (χ2n) is 2.73. The summed E-state index contributed by atoms with van der Waals surface area (Å²) < 4.78 is 5.76. The molecule has 82 valence electrons. The molecule has 8 heteroatoms. The fourth-order valence-electron chi connectivity index (χ4n) is 1.07.